The van der Waals surface area contributed by atoms with Crippen molar-refractivity contribution < 1.29 is 19.1 Å². The van der Waals surface area contributed by atoms with Crippen molar-refractivity contribution in [3.63, 3.8) is 0 Å². The molecule has 5 nitrogen and oxygen atoms in total. The summed E-state index contributed by atoms with van der Waals surface area (Å²) >= 11 is 12.0. The van der Waals surface area contributed by atoms with Crippen molar-refractivity contribution in [1.29, 1.82) is 0 Å². The number of carbonyl (C=O) groups excluding carboxylic acids is 2. The Hall–Kier alpha value is -2.24. The zero-order valence-electron chi connectivity index (χ0n) is 15.3. The van der Waals surface area contributed by atoms with E-state index in [-0.39, 0.29) is 12.0 Å². The van der Waals surface area contributed by atoms with Gasteiger partial charge in [-0.15, -0.1) is 0 Å². The van der Waals surface area contributed by atoms with Gasteiger partial charge in [0.1, 0.15) is 5.75 Å². The molecule has 0 bridgehead atoms. The highest BCUT2D eigenvalue weighted by molar-refractivity contribution is 6.35. The van der Waals surface area contributed by atoms with Gasteiger partial charge in [0.2, 0.25) is 0 Å². The van der Waals surface area contributed by atoms with E-state index in [9.17, 15) is 9.59 Å². The molecule has 0 aliphatic carbocycles. The Morgan fingerprint density at radius 1 is 1.07 bits per heavy atom. The van der Waals surface area contributed by atoms with Gasteiger partial charge in [0.25, 0.3) is 5.91 Å². The number of esters is 1. The Morgan fingerprint density at radius 2 is 1.74 bits per heavy atom. The summed E-state index contributed by atoms with van der Waals surface area (Å²) in [5.41, 5.74) is 0.837. The van der Waals surface area contributed by atoms with Crippen LogP contribution in [0.4, 0.5) is 5.69 Å². The predicted octanol–water partition coefficient (Wildman–Crippen LogP) is 5.35. The number of hydrogen-bond donors (Lipinski definition) is 1. The summed E-state index contributed by atoms with van der Waals surface area (Å²) in [7, 11) is 0. The first-order valence-electron chi connectivity index (χ1n) is 8.53. The molecule has 0 unspecified atom stereocenters. The SMILES string of the molecule is CC[C@H](C)OC(=O)[C@@H](C)Oc1ccc(C(=O)Nc2cc(Cl)ccc2Cl)cc1. The average molecular weight is 410 g/mol. The first-order valence-corrected chi connectivity index (χ1v) is 9.29. The maximum Gasteiger partial charge on any atom is 0.347 e. The third-order valence-electron chi connectivity index (χ3n) is 3.83. The second-order valence-corrected chi connectivity index (χ2v) is 6.86. The van der Waals surface area contributed by atoms with Crippen LogP contribution in [0.2, 0.25) is 10.0 Å². The first kappa shape index (κ1) is 21.1. The number of rotatable bonds is 7. The maximum atomic E-state index is 12.3. The second-order valence-electron chi connectivity index (χ2n) is 6.02. The Bertz CT molecular complexity index is 808. The van der Waals surface area contributed by atoms with Crippen molar-refractivity contribution in [3.8, 4) is 5.75 Å². The Balaban J connectivity index is 1.99. The van der Waals surface area contributed by atoms with Crippen LogP contribution in [0.15, 0.2) is 42.5 Å². The first-order chi connectivity index (χ1) is 12.8. The fourth-order valence-electron chi connectivity index (χ4n) is 2.10. The van der Waals surface area contributed by atoms with Gasteiger partial charge in [0.05, 0.1) is 16.8 Å². The van der Waals surface area contributed by atoms with E-state index >= 15 is 0 Å². The van der Waals surface area contributed by atoms with Crippen LogP contribution in [0.5, 0.6) is 5.75 Å². The van der Waals surface area contributed by atoms with Crippen molar-refractivity contribution >= 4 is 40.8 Å². The van der Waals surface area contributed by atoms with E-state index in [0.717, 1.165) is 6.42 Å². The maximum absolute atomic E-state index is 12.3. The van der Waals surface area contributed by atoms with Gasteiger partial charge in [-0.3, -0.25) is 4.79 Å². The number of anilines is 1. The molecule has 27 heavy (non-hydrogen) atoms. The number of amides is 1. The van der Waals surface area contributed by atoms with Crippen LogP contribution in [0.3, 0.4) is 0 Å². The Morgan fingerprint density at radius 3 is 2.37 bits per heavy atom. The van der Waals surface area contributed by atoms with Crippen molar-refractivity contribution in [2.24, 2.45) is 0 Å². The third kappa shape index (κ3) is 6.15. The fourth-order valence-corrected chi connectivity index (χ4v) is 2.44. The zero-order valence-corrected chi connectivity index (χ0v) is 16.8. The molecule has 7 heteroatoms. The van der Waals surface area contributed by atoms with E-state index in [1.807, 2.05) is 13.8 Å². The molecular formula is C20H21Cl2NO4. The van der Waals surface area contributed by atoms with Crippen molar-refractivity contribution in [2.45, 2.75) is 39.4 Å². The number of benzene rings is 2. The van der Waals surface area contributed by atoms with Crippen molar-refractivity contribution in [1.82, 2.24) is 0 Å². The summed E-state index contributed by atoms with van der Waals surface area (Å²) in [5.74, 6) is -0.308. The smallest absolute Gasteiger partial charge is 0.347 e. The van der Waals surface area contributed by atoms with Crippen LogP contribution in [-0.2, 0) is 9.53 Å². The molecule has 1 N–H and O–H groups in total. The predicted molar refractivity (Wildman–Crippen MR) is 107 cm³/mol. The van der Waals surface area contributed by atoms with Crippen LogP contribution >= 0.6 is 23.2 Å². The van der Waals surface area contributed by atoms with E-state index in [4.69, 9.17) is 32.7 Å². The molecular weight excluding hydrogens is 389 g/mol. The second kappa shape index (κ2) is 9.62. The van der Waals surface area contributed by atoms with Crippen LogP contribution in [0.1, 0.15) is 37.6 Å². The molecule has 2 rings (SSSR count). The minimum absolute atomic E-state index is 0.159. The summed E-state index contributed by atoms with van der Waals surface area (Å²) in [6.07, 6.45) is -0.171. The monoisotopic (exact) mass is 409 g/mol. The third-order valence-corrected chi connectivity index (χ3v) is 4.39. The minimum Gasteiger partial charge on any atom is -0.479 e. The van der Waals surface area contributed by atoms with Crippen LogP contribution < -0.4 is 10.1 Å². The van der Waals surface area contributed by atoms with Gasteiger partial charge in [0.15, 0.2) is 6.10 Å². The fraction of sp³-hybridized carbons (Fsp3) is 0.300. The van der Waals surface area contributed by atoms with E-state index in [1.54, 1.807) is 49.4 Å². The molecule has 144 valence electrons. The summed E-state index contributed by atoms with van der Waals surface area (Å²) in [6, 6.07) is 11.2. The molecule has 1 amide bonds. The number of nitrogens with one attached hydrogen (secondary N) is 1. The lowest BCUT2D eigenvalue weighted by Gasteiger charge is -2.17. The van der Waals surface area contributed by atoms with Gasteiger partial charge in [-0.1, -0.05) is 30.1 Å². The molecule has 0 spiro atoms. The summed E-state index contributed by atoms with van der Waals surface area (Å²) in [5, 5.41) is 3.56. The van der Waals surface area contributed by atoms with Gasteiger partial charge in [-0.2, -0.15) is 0 Å². The molecule has 0 saturated heterocycles. The van der Waals surface area contributed by atoms with E-state index in [1.165, 1.54) is 0 Å². The molecule has 0 aliphatic heterocycles. The summed E-state index contributed by atoms with van der Waals surface area (Å²) < 4.78 is 10.8. The van der Waals surface area contributed by atoms with Gasteiger partial charge >= 0.3 is 5.97 Å². The molecule has 0 saturated carbocycles. The molecule has 0 fully saturated rings. The Labute approximate surface area is 168 Å². The lowest BCUT2D eigenvalue weighted by atomic mass is 10.2. The highest BCUT2D eigenvalue weighted by Crippen LogP contribution is 2.26. The van der Waals surface area contributed by atoms with Gasteiger partial charge in [-0.05, 0) is 62.7 Å². The van der Waals surface area contributed by atoms with Crippen LogP contribution in [-0.4, -0.2) is 24.1 Å². The van der Waals surface area contributed by atoms with Crippen molar-refractivity contribution in [2.75, 3.05) is 5.32 Å². The number of halogens is 2. The van der Waals surface area contributed by atoms with E-state index in [2.05, 4.69) is 5.32 Å². The molecule has 0 aromatic heterocycles. The van der Waals surface area contributed by atoms with E-state index < -0.39 is 12.1 Å². The number of ether oxygens (including phenoxy) is 2. The van der Waals surface area contributed by atoms with Gasteiger partial charge in [0, 0.05) is 10.6 Å². The quantitative estimate of drug-likeness (QED) is 0.625. The van der Waals surface area contributed by atoms with Crippen LogP contribution in [0, 0.1) is 0 Å². The highest BCUT2D eigenvalue weighted by atomic mass is 35.5. The minimum atomic E-state index is -0.746. The lowest BCUT2D eigenvalue weighted by Crippen LogP contribution is -2.29. The molecule has 0 radical (unpaired) electrons. The lowest BCUT2D eigenvalue weighted by molar-refractivity contribution is -0.155. The molecule has 2 aromatic rings. The summed E-state index contributed by atoms with van der Waals surface area (Å²) in [6.45, 7) is 5.38. The number of carbonyl (C=O) groups is 2. The van der Waals surface area contributed by atoms with E-state index in [0.29, 0.717) is 27.0 Å². The molecule has 0 heterocycles. The van der Waals surface area contributed by atoms with Gasteiger partial charge in [-0.25, -0.2) is 4.79 Å². The van der Waals surface area contributed by atoms with Crippen LogP contribution in [0.25, 0.3) is 0 Å². The highest BCUT2D eigenvalue weighted by Gasteiger charge is 2.18. The summed E-state index contributed by atoms with van der Waals surface area (Å²) in [4.78, 5) is 24.3. The zero-order chi connectivity index (χ0) is 20.0. The average Bonchev–Trinajstić information content (AvgIpc) is 2.65. The Kier molecular flexibility index (Phi) is 7.51. The topological polar surface area (TPSA) is 64.6 Å². The standard InChI is InChI=1S/C20H21Cl2NO4/c1-4-12(2)26-20(25)13(3)27-16-8-5-14(6-9-16)19(24)23-18-11-15(21)7-10-17(18)22/h5-13H,4H2,1-3H3,(H,23,24)/t12-,13+/m0/s1. The largest absolute Gasteiger partial charge is 0.479 e. The van der Waals surface area contributed by atoms with Crippen molar-refractivity contribution in [3.05, 3.63) is 58.1 Å². The normalized spacial score (nSPS) is 12.8. The molecule has 0 aliphatic rings. The van der Waals surface area contributed by atoms with Gasteiger partial charge < -0.3 is 14.8 Å². The number of hydrogen-bond acceptors (Lipinski definition) is 4. The molecule has 2 aromatic carbocycles. The molecule has 2 atom stereocenters.